The van der Waals surface area contributed by atoms with Crippen LogP contribution in [0.4, 0.5) is 0 Å². The second kappa shape index (κ2) is 6.22. The van der Waals surface area contributed by atoms with E-state index in [1.807, 2.05) is 18.5 Å². The summed E-state index contributed by atoms with van der Waals surface area (Å²) >= 11 is 0. The Morgan fingerprint density at radius 2 is 2.04 bits per heavy atom. The number of rotatable bonds is 6. The predicted octanol–water partition coefficient (Wildman–Crippen LogP) is 2.34. The summed E-state index contributed by atoms with van der Waals surface area (Å²) in [6.45, 7) is 5.89. The molecule has 0 aromatic carbocycles. The van der Waals surface area contributed by atoms with Crippen LogP contribution in [0.2, 0.25) is 0 Å². The minimum atomic E-state index is -0.889. The molecule has 2 heterocycles. The van der Waals surface area contributed by atoms with E-state index < -0.39 is 11.9 Å². The second-order valence-electron chi connectivity index (χ2n) is 6.75. The molecule has 3 rings (SSSR count). The number of hydrogen-bond acceptors (Lipinski definition) is 4. The molecule has 0 aliphatic heterocycles. The van der Waals surface area contributed by atoms with Gasteiger partial charge in [-0.05, 0) is 32.8 Å². The Morgan fingerprint density at radius 3 is 2.62 bits per heavy atom. The molecule has 0 spiro atoms. The number of hydrogen-bond donors (Lipinski definition) is 1. The van der Waals surface area contributed by atoms with Crippen LogP contribution < -0.4 is 0 Å². The number of amides is 1. The molecule has 1 N–H and O–H groups in total. The molecule has 128 valence electrons. The van der Waals surface area contributed by atoms with Crippen molar-refractivity contribution in [3.05, 3.63) is 24.0 Å². The Labute approximate surface area is 140 Å². The first-order valence-electron chi connectivity index (χ1n) is 8.25. The SMILES string of the molecule is CC(CN(C(=O)c1cnc2c(cnn2C(C)C)c1)C1CC1)C(=O)O. The van der Waals surface area contributed by atoms with Gasteiger partial charge >= 0.3 is 5.97 Å². The molecule has 0 saturated heterocycles. The average molecular weight is 330 g/mol. The van der Waals surface area contributed by atoms with Crippen molar-refractivity contribution in [1.29, 1.82) is 0 Å². The number of carbonyl (C=O) groups is 2. The van der Waals surface area contributed by atoms with Gasteiger partial charge in [0.1, 0.15) is 0 Å². The Balaban J connectivity index is 1.87. The van der Waals surface area contributed by atoms with Crippen LogP contribution in [0.15, 0.2) is 18.5 Å². The fourth-order valence-corrected chi connectivity index (χ4v) is 2.76. The van der Waals surface area contributed by atoms with Gasteiger partial charge in [0.2, 0.25) is 0 Å². The zero-order valence-corrected chi connectivity index (χ0v) is 14.1. The highest BCUT2D eigenvalue weighted by Crippen LogP contribution is 2.29. The van der Waals surface area contributed by atoms with Crippen LogP contribution in [0.25, 0.3) is 11.0 Å². The lowest BCUT2D eigenvalue weighted by Gasteiger charge is -2.24. The first-order valence-corrected chi connectivity index (χ1v) is 8.25. The molecule has 1 unspecified atom stereocenters. The zero-order valence-electron chi connectivity index (χ0n) is 14.1. The van der Waals surface area contributed by atoms with Crippen molar-refractivity contribution >= 4 is 22.9 Å². The summed E-state index contributed by atoms with van der Waals surface area (Å²) in [7, 11) is 0. The van der Waals surface area contributed by atoms with E-state index in [2.05, 4.69) is 10.1 Å². The van der Waals surface area contributed by atoms with Crippen LogP contribution in [0.5, 0.6) is 0 Å². The van der Waals surface area contributed by atoms with E-state index >= 15 is 0 Å². The van der Waals surface area contributed by atoms with Crippen LogP contribution >= 0.6 is 0 Å². The van der Waals surface area contributed by atoms with Crippen molar-refractivity contribution in [2.24, 2.45) is 5.92 Å². The maximum absolute atomic E-state index is 12.8. The van der Waals surface area contributed by atoms with E-state index in [1.54, 1.807) is 30.3 Å². The minimum absolute atomic E-state index is 0.147. The normalized spacial score (nSPS) is 15.7. The van der Waals surface area contributed by atoms with Crippen molar-refractivity contribution in [2.75, 3.05) is 6.54 Å². The summed E-state index contributed by atoms with van der Waals surface area (Å²) in [6.07, 6.45) is 5.13. The van der Waals surface area contributed by atoms with Crippen molar-refractivity contribution in [3.63, 3.8) is 0 Å². The van der Waals surface area contributed by atoms with Crippen LogP contribution in [-0.4, -0.2) is 49.2 Å². The van der Waals surface area contributed by atoms with Gasteiger partial charge in [-0.3, -0.25) is 9.59 Å². The van der Waals surface area contributed by atoms with Gasteiger partial charge in [0.05, 0.1) is 17.7 Å². The third kappa shape index (κ3) is 3.11. The fraction of sp³-hybridized carbons (Fsp3) is 0.529. The van der Waals surface area contributed by atoms with E-state index in [-0.39, 0.29) is 24.5 Å². The zero-order chi connectivity index (χ0) is 17.4. The average Bonchev–Trinajstić information content (AvgIpc) is 3.29. The molecule has 1 fully saturated rings. The number of fused-ring (bicyclic) bond motifs is 1. The van der Waals surface area contributed by atoms with Crippen molar-refractivity contribution in [3.8, 4) is 0 Å². The summed E-state index contributed by atoms with van der Waals surface area (Å²) in [6, 6.07) is 2.13. The van der Waals surface area contributed by atoms with Gasteiger partial charge in [-0.1, -0.05) is 6.92 Å². The van der Waals surface area contributed by atoms with Crippen molar-refractivity contribution in [1.82, 2.24) is 19.7 Å². The maximum atomic E-state index is 12.8. The third-order valence-electron chi connectivity index (χ3n) is 4.31. The van der Waals surface area contributed by atoms with E-state index in [0.29, 0.717) is 5.56 Å². The highest BCUT2D eigenvalue weighted by molar-refractivity contribution is 5.97. The van der Waals surface area contributed by atoms with Crippen LogP contribution in [0.1, 0.15) is 50.0 Å². The summed E-state index contributed by atoms with van der Waals surface area (Å²) in [5.74, 6) is -1.63. The topological polar surface area (TPSA) is 88.3 Å². The molecule has 1 aliphatic carbocycles. The largest absolute Gasteiger partial charge is 0.481 e. The van der Waals surface area contributed by atoms with E-state index in [4.69, 9.17) is 5.11 Å². The molecular formula is C17H22N4O3. The molecule has 2 aromatic heterocycles. The molecule has 24 heavy (non-hydrogen) atoms. The highest BCUT2D eigenvalue weighted by Gasteiger charge is 2.35. The lowest BCUT2D eigenvalue weighted by atomic mass is 10.1. The highest BCUT2D eigenvalue weighted by atomic mass is 16.4. The van der Waals surface area contributed by atoms with Crippen molar-refractivity contribution in [2.45, 2.75) is 45.7 Å². The third-order valence-corrected chi connectivity index (χ3v) is 4.31. The van der Waals surface area contributed by atoms with Gasteiger partial charge < -0.3 is 10.0 Å². The first kappa shape index (κ1) is 16.4. The van der Waals surface area contributed by atoms with E-state index in [0.717, 1.165) is 23.9 Å². The van der Waals surface area contributed by atoms with Gasteiger partial charge in [-0.2, -0.15) is 5.10 Å². The van der Waals surface area contributed by atoms with Crippen LogP contribution in [-0.2, 0) is 4.79 Å². The number of nitrogens with zero attached hydrogens (tertiary/aromatic N) is 4. The van der Waals surface area contributed by atoms with Gasteiger partial charge in [-0.15, -0.1) is 0 Å². The fourth-order valence-electron chi connectivity index (χ4n) is 2.76. The molecule has 1 amide bonds. The quantitative estimate of drug-likeness (QED) is 0.878. The number of aliphatic carboxylic acids is 1. The van der Waals surface area contributed by atoms with E-state index in [1.165, 1.54) is 0 Å². The lowest BCUT2D eigenvalue weighted by molar-refractivity contribution is -0.141. The van der Waals surface area contributed by atoms with E-state index in [9.17, 15) is 9.59 Å². The second-order valence-corrected chi connectivity index (χ2v) is 6.75. The molecule has 1 aliphatic rings. The Kier molecular flexibility index (Phi) is 4.26. The Morgan fingerprint density at radius 1 is 1.33 bits per heavy atom. The van der Waals surface area contributed by atoms with Crippen LogP contribution in [0, 0.1) is 5.92 Å². The number of carboxylic acids is 1. The summed E-state index contributed by atoms with van der Waals surface area (Å²) < 4.78 is 1.81. The van der Waals surface area contributed by atoms with Crippen molar-refractivity contribution < 1.29 is 14.7 Å². The number of pyridine rings is 1. The standard InChI is InChI=1S/C17H22N4O3/c1-10(2)21-15-12(8-19-21)6-13(7-18-15)16(22)20(14-4-5-14)9-11(3)17(23)24/h6-8,10-11,14H,4-5,9H2,1-3H3,(H,23,24). The minimum Gasteiger partial charge on any atom is -0.481 e. The molecule has 7 heteroatoms. The monoisotopic (exact) mass is 330 g/mol. The molecule has 0 radical (unpaired) electrons. The van der Waals surface area contributed by atoms with Gasteiger partial charge in [0.25, 0.3) is 5.91 Å². The van der Waals surface area contributed by atoms with Gasteiger partial charge in [-0.25, -0.2) is 9.67 Å². The van der Waals surface area contributed by atoms with Gasteiger partial charge in [0, 0.05) is 30.2 Å². The molecule has 0 bridgehead atoms. The molecular weight excluding hydrogens is 308 g/mol. The molecule has 1 saturated carbocycles. The first-order chi connectivity index (χ1) is 11.4. The predicted molar refractivity (Wildman–Crippen MR) is 88.8 cm³/mol. The Hall–Kier alpha value is -2.44. The summed E-state index contributed by atoms with van der Waals surface area (Å²) in [4.78, 5) is 30.0. The molecule has 7 nitrogen and oxygen atoms in total. The van der Waals surface area contributed by atoms with Crippen LogP contribution in [0.3, 0.4) is 0 Å². The molecule has 2 aromatic rings. The maximum Gasteiger partial charge on any atom is 0.308 e. The summed E-state index contributed by atoms with van der Waals surface area (Å²) in [5.41, 5.74) is 1.23. The number of aromatic nitrogens is 3. The number of carbonyl (C=O) groups excluding carboxylic acids is 1. The lowest BCUT2D eigenvalue weighted by Crippen LogP contribution is -2.38. The number of carboxylic acid groups (broad SMARTS) is 1. The Bertz CT molecular complexity index is 779. The summed E-state index contributed by atoms with van der Waals surface area (Å²) in [5, 5.41) is 14.2. The smallest absolute Gasteiger partial charge is 0.308 e. The van der Waals surface area contributed by atoms with Gasteiger partial charge in [0.15, 0.2) is 5.65 Å². The molecule has 1 atom stereocenters.